The lowest BCUT2D eigenvalue weighted by atomic mass is 9.98. The van der Waals surface area contributed by atoms with Crippen molar-refractivity contribution in [1.82, 2.24) is 0 Å². The Morgan fingerprint density at radius 1 is 1.27 bits per heavy atom. The molecule has 0 rings (SSSR count). The largest absolute Gasteiger partial charge is 0.463 e. The summed E-state index contributed by atoms with van der Waals surface area (Å²) < 4.78 is 11.2. The lowest BCUT2D eigenvalue weighted by Crippen LogP contribution is -2.47. The molecule has 0 unspecified atom stereocenters. The van der Waals surface area contributed by atoms with Gasteiger partial charge in [-0.15, -0.1) is 0 Å². The van der Waals surface area contributed by atoms with E-state index in [4.69, 9.17) is 9.16 Å². The molecule has 0 aromatic carbocycles. The molecule has 0 amide bonds. The average Bonchev–Trinajstić information content (AvgIpc) is 2.35. The van der Waals surface area contributed by atoms with E-state index in [2.05, 4.69) is 33.9 Å². The lowest BCUT2D eigenvalue weighted by Gasteiger charge is -2.40. The van der Waals surface area contributed by atoms with Crippen molar-refractivity contribution in [3.63, 3.8) is 0 Å². The monoisotopic (exact) mass is 330 g/mol. The number of carbonyl (C=O) groups excluding carboxylic acids is 1. The van der Waals surface area contributed by atoms with Gasteiger partial charge in [-0.05, 0) is 38.9 Å². The second kappa shape index (κ2) is 8.27. The van der Waals surface area contributed by atoms with Crippen LogP contribution < -0.4 is 0 Å². The van der Waals surface area contributed by atoms with Crippen LogP contribution >= 0.6 is 0 Å². The molecule has 0 fully saturated rings. The van der Waals surface area contributed by atoms with Gasteiger partial charge in [0.05, 0.1) is 18.8 Å². The minimum atomic E-state index is -1.92. The van der Waals surface area contributed by atoms with Gasteiger partial charge in [0.1, 0.15) is 0 Å². The molecule has 0 bridgehead atoms. The Kier molecular flexibility index (Phi) is 8.02. The standard InChI is InChI=1S/C17H34O4Si/c1-10-20-16(19)13(3)11-12(2)15(18)14(4)21-22(8,9)17(5,6)7/h11-12,14-15,18H,10H2,1-9H3/b13-11+/t12-,14-,15-/m0/s1. The summed E-state index contributed by atoms with van der Waals surface area (Å²) in [6, 6.07) is 0. The smallest absolute Gasteiger partial charge is 0.333 e. The second-order valence-corrected chi connectivity index (χ2v) is 12.3. The molecule has 0 saturated heterocycles. The molecule has 0 spiro atoms. The third-order valence-corrected chi connectivity index (χ3v) is 8.99. The van der Waals surface area contributed by atoms with E-state index < -0.39 is 14.4 Å². The zero-order chi connectivity index (χ0) is 17.7. The normalized spacial score (nSPS) is 17.8. The van der Waals surface area contributed by atoms with Crippen molar-refractivity contribution in [2.45, 2.75) is 78.8 Å². The highest BCUT2D eigenvalue weighted by molar-refractivity contribution is 6.74. The first-order valence-corrected chi connectivity index (χ1v) is 11.0. The summed E-state index contributed by atoms with van der Waals surface area (Å²) >= 11 is 0. The van der Waals surface area contributed by atoms with Gasteiger partial charge >= 0.3 is 5.97 Å². The molecule has 0 aliphatic heterocycles. The van der Waals surface area contributed by atoms with Gasteiger partial charge in [0, 0.05) is 11.5 Å². The first-order valence-electron chi connectivity index (χ1n) is 8.05. The number of ether oxygens (including phenoxy) is 1. The number of aliphatic hydroxyl groups excluding tert-OH is 1. The average molecular weight is 331 g/mol. The Bertz CT molecular complexity index is 396. The Hall–Kier alpha value is -0.653. The molecule has 1 N–H and O–H groups in total. The summed E-state index contributed by atoms with van der Waals surface area (Å²) in [6.07, 6.45) is 0.828. The van der Waals surface area contributed by atoms with Crippen LogP contribution in [0.15, 0.2) is 11.6 Å². The molecule has 22 heavy (non-hydrogen) atoms. The van der Waals surface area contributed by atoms with Crippen LogP contribution in [0.2, 0.25) is 18.1 Å². The van der Waals surface area contributed by atoms with E-state index in [9.17, 15) is 9.90 Å². The van der Waals surface area contributed by atoms with Crippen LogP contribution in [0, 0.1) is 5.92 Å². The molecule has 0 aliphatic rings. The Balaban J connectivity index is 4.85. The molecule has 0 heterocycles. The predicted octanol–water partition coefficient (Wildman–Crippen LogP) is 3.90. The molecule has 0 aromatic rings. The topological polar surface area (TPSA) is 55.8 Å². The van der Waals surface area contributed by atoms with Crippen molar-refractivity contribution in [3.8, 4) is 0 Å². The summed E-state index contributed by atoms with van der Waals surface area (Å²) in [5.41, 5.74) is 0.521. The molecule has 0 aliphatic carbocycles. The second-order valence-electron chi connectivity index (χ2n) is 7.50. The van der Waals surface area contributed by atoms with Crippen molar-refractivity contribution in [2.24, 2.45) is 5.92 Å². The minimum absolute atomic E-state index is 0.0981. The van der Waals surface area contributed by atoms with E-state index in [0.717, 1.165) is 0 Å². The summed E-state index contributed by atoms with van der Waals surface area (Å²) in [5, 5.41) is 10.6. The van der Waals surface area contributed by atoms with Crippen LogP contribution in [0.5, 0.6) is 0 Å². The Labute approximate surface area is 137 Å². The van der Waals surface area contributed by atoms with Gasteiger partial charge in [-0.1, -0.05) is 33.8 Å². The molecule has 0 saturated carbocycles. The minimum Gasteiger partial charge on any atom is -0.463 e. The van der Waals surface area contributed by atoms with Gasteiger partial charge in [0.15, 0.2) is 8.32 Å². The predicted molar refractivity (Wildman–Crippen MR) is 93.3 cm³/mol. The quantitative estimate of drug-likeness (QED) is 0.437. The van der Waals surface area contributed by atoms with E-state index in [1.54, 1.807) is 19.9 Å². The van der Waals surface area contributed by atoms with Crippen molar-refractivity contribution < 1.29 is 19.1 Å². The fourth-order valence-electron chi connectivity index (χ4n) is 1.94. The third kappa shape index (κ3) is 6.22. The van der Waals surface area contributed by atoms with Gasteiger partial charge in [0.25, 0.3) is 0 Å². The molecule has 3 atom stereocenters. The van der Waals surface area contributed by atoms with E-state index in [0.29, 0.717) is 12.2 Å². The van der Waals surface area contributed by atoms with Gasteiger partial charge in [-0.25, -0.2) is 4.79 Å². The van der Waals surface area contributed by atoms with Crippen molar-refractivity contribution in [3.05, 3.63) is 11.6 Å². The molecular formula is C17H34O4Si. The zero-order valence-electron chi connectivity index (χ0n) is 15.7. The summed E-state index contributed by atoms with van der Waals surface area (Å²) in [4.78, 5) is 11.6. The van der Waals surface area contributed by atoms with Gasteiger partial charge in [0.2, 0.25) is 0 Å². The van der Waals surface area contributed by atoms with Gasteiger partial charge in [-0.2, -0.15) is 0 Å². The van der Waals surface area contributed by atoms with Gasteiger partial charge in [-0.3, -0.25) is 0 Å². The highest BCUT2D eigenvalue weighted by Crippen LogP contribution is 2.37. The summed E-state index contributed by atoms with van der Waals surface area (Å²) in [6.45, 7) is 18.5. The van der Waals surface area contributed by atoms with Crippen molar-refractivity contribution >= 4 is 14.3 Å². The van der Waals surface area contributed by atoms with Crippen LogP contribution in [-0.4, -0.2) is 38.2 Å². The van der Waals surface area contributed by atoms with Crippen LogP contribution in [-0.2, 0) is 14.0 Å². The maximum absolute atomic E-state index is 11.6. The number of rotatable bonds is 7. The maximum atomic E-state index is 11.6. The highest BCUT2D eigenvalue weighted by atomic mass is 28.4. The molecular weight excluding hydrogens is 296 g/mol. The first kappa shape index (κ1) is 21.3. The van der Waals surface area contributed by atoms with E-state index in [-0.39, 0.29) is 23.0 Å². The van der Waals surface area contributed by atoms with Crippen LogP contribution in [0.25, 0.3) is 0 Å². The number of carbonyl (C=O) groups is 1. The van der Waals surface area contributed by atoms with Gasteiger partial charge < -0.3 is 14.3 Å². The molecule has 0 aromatic heterocycles. The molecule has 5 heteroatoms. The summed E-state index contributed by atoms with van der Waals surface area (Å²) in [7, 11) is -1.92. The third-order valence-electron chi connectivity index (χ3n) is 4.42. The number of aliphatic hydroxyl groups is 1. The number of hydrogen-bond acceptors (Lipinski definition) is 4. The zero-order valence-corrected chi connectivity index (χ0v) is 16.7. The fraction of sp³-hybridized carbons (Fsp3) is 0.824. The lowest BCUT2D eigenvalue weighted by molar-refractivity contribution is -0.138. The molecule has 130 valence electrons. The van der Waals surface area contributed by atoms with Crippen LogP contribution in [0.1, 0.15) is 48.5 Å². The Morgan fingerprint density at radius 3 is 2.18 bits per heavy atom. The van der Waals surface area contributed by atoms with E-state index in [1.807, 2.05) is 13.8 Å². The van der Waals surface area contributed by atoms with Crippen molar-refractivity contribution in [2.75, 3.05) is 6.61 Å². The summed E-state index contributed by atoms with van der Waals surface area (Å²) in [5.74, 6) is -0.510. The van der Waals surface area contributed by atoms with E-state index >= 15 is 0 Å². The number of hydrogen-bond donors (Lipinski definition) is 1. The maximum Gasteiger partial charge on any atom is 0.333 e. The van der Waals surface area contributed by atoms with Crippen LogP contribution in [0.4, 0.5) is 0 Å². The van der Waals surface area contributed by atoms with Crippen molar-refractivity contribution in [1.29, 1.82) is 0 Å². The van der Waals surface area contributed by atoms with Crippen LogP contribution in [0.3, 0.4) is 0 Å². The number of esters is 1. The molecule has 4 nitrogen and oxygen atoms in total. The fourth-order valence-corrected chi connectivity index (χ4v) is 3.37. The highest BCUT2D eigenvalue weighted by Gasteiger charge is 2.40. The first-order chi connectivity index (χ1) is 9.83. The Morgan fingerprint density at radius 2 is 1.77 bits per heavy atom. The SMILES string of the molecule is CCOC(=O)/C(C)=C/[C@H](C)[C@H](O)[C@H](C)O[Si](C)(C)C(C)(C)C. The van der Waals surface area contributed by atoms with E-state index in [1.165, 1.54) is 0 Å². The molecule has 0 radical (unpaired) electrons.